The molecule has 0 radical (unpaired) electrons. The Morgan fingerprint density at radius 2 is 1.58 bits per heavy atom. The molecule has 5 heteroatoms. The molecule has 0 bridgehead atoms. The van der Waals surface area contributed by atoms with Crippen LogP contribution in [0.3, 0.4) is 0 Å². The Bertz CT molecular complexity index is 414. The minimum absolute atomic E-state index is 0.00117. The first-order valence-electron chi connectivity index (χ1n) is 9.07. The Kier molecular flexibility index (Phi) is 8.70. The van der Waals surface area contributed by atoms with Gasteiger partial charge in [0.05, 0.1) is 6.61 Å². The van der Waals surface area contributed by atoms with Crippen LogP contribution in [0.25, 0.3) is 0 Å². The molecule has 0 heterocycles. The molecule has 0 aromatic rings. The number of carbonyl (C=O) groups excluding carboxylic acids is 2. The monoisotopic (exact) mass is 357 g/mol. The van der Waals surface area contributed by atoms with E-state index in [9.17, 15) is 9.59 Å². The maximum Gasteiger partial charge on any atom is 0.305 e. The molecule has 0 fully saturated rings. The minimum atomic E-state index is -1.18. The first kappa shape index (κ1) is 23.2. The predicted octanol–water partition coefficient (Wildman–Crippen LogP) is 4.62. The van der Waals surface area contributed by atoms with E-state index < -0.39 is 13.5 Å². The van der Waals surface area contributed by atoms with Gasteiger partial charge in [0, 0.05) is 26.0 Å². The summed E-state index contributed by atoms with van der Waals surface area (Å²) >= 11 is 0. The third kappa shape index (κ3) is 12.6. The molecule has 0 aromatic heterocycles. The number of hydrogen-bond acceptors (Lipinski definition) is 3. The highest BCUT2D eigenvalue weighted by molar-refractivity contribution is 6.76. The summed E-state index contributed by atoms with van der Waals surface area (Å²) in [5.41, 5.74) is -0.328. The van der Waals surface area contributed by atoms with E-state index >= 15 is 0 Å². The molecule has 0 aliphatic heterocycles. The first-order valence-corrected chi connectivity index (χ1v) is 12.8. The number of rotatable bonds is 8. The average Bonchev–Trinajstić information content (AvgIpc) is 2.31. The highest BCUT2D eigenvalue weighted by Crippen LogP contribution is 2.24. The van der Waals surface area contributed by atoms with E-state index in [2.05, 4.69) is 45.7 Å². The van der Waals surface area contributed by atoms with Crippen molar-refractivity contribution in [3.8, 4) is 0 Å². The van der Waals surface area contributed by atoms with Crippen LogP contribution in [0, 0.1) is 10.8 Å². The van der Waals surface area contributed by atoms with E-state index in [0.29, 0.717) is 19.4 Å². The zero-order valence-corrected chi connectivity index (χ0v) is 18.3. The van der Waals surface area contributed by atoms with Gasteiger partial charge >= 0.3 is 5.97 Å². The zero-order valence-electron chi connectivity index (χ0n) is 17.3. The molecule has 1 N–H and O–H groups in total. The molecule has 0 unspecified atom stereocenters. The quantitative estimate of drug-likeness (QED) is 0.509. The molecule has 142 valence electrons. The summed E-state index contributed by atoms with van der Waals surface area (Å²) in [5.74, 6) is -0.124. The van der Waals surface area contributed by atoms with E-state index in [1.165, 1.54) is 0 Å². The molecule has 0 saturated carbocycles. The van der Waals surface area contributed by atoms with Crippen molar-refractivity contribution in [2.24, 2.45) is 10.8 Å². The third-order valence-electron chi connectivity index (χ3n) is 3.69. The number of carbonyl (C=O) groups is 2. The Morgan fingerprint density at radius 3 is 2.00 bits per heavy atom. The van der Waals surface area contributed by atoms with Crippen LogP contribution < -0.4 is 5.32 Å². The normalized spacial score (nSPS) is 14.2. The lowest BCUT2D eigenvalue weighted by Gasteiger charge is -2.29. The molecule has 24 heavy (non-hydrogen) atoms. The molecule has 0 aliphatic rings. The SMILES string of the molecule is CC(C)(C)C[C@H](CCC(=O)OCC[Si](C)(C)C)NC(=O)C(C)(C)C. The van der Waals surface area contributed by atoms with Gasteiger partial charge in [-0.15, -0.1) is 0 Å². The predicted molar refractivity (Wildman–Crippen MR) is 104 cm³/mol. The fraction of sp³-hybridized carbons (Fsp3) is 0.895. The van der Waals surface area contributed by atoms with E-state index in [4.69, 9.17) is 4.74 Å². The van der Waals surface area contributed by atoms with Crippen LogP contribution in [0.15, 0.2) is 0 Å². The molecular formula is C19H39NO3Si. The van der Waals surface area contributed by atoms with Crippen LogP contribution in [0.5, 0.6) is 0 Å². The van der Waals surface area contributed by atoms with Crippen molar-refractivity contribution in [1.82, 2.24) is 5.32 Å². The molecule has 0 rings (SSSR count). The summed E-state index contributed by atoms with van der Waals surface area (Å²) in [6.45, 7) is 19.5. The first-order chi connectivity index (χ1) is 10.6. The van der Waals surface area contributed by atoms with Crippen LogP contribution >= 0.6 is 0 Å². The van der Waals surface area contributed by atoms with Gasteiger partial charge in [-0.25, -0.2) is 0 Å². The molecule has 4 nitrogen and oxygen atoms in total. The van der Waals surface area contributed by atoms with Gasteiger partial charge in [0.1, 0.15) is 0 Å². The lowest BCUT2D eigenvalue weighted by molar-refractivity contribution is -0.143. The van der Waals surface area contributed by atoms with Crippen LogP contribution in [-0.2, 0) is 14.3 Å². The highest BCUT2D eigenvalue weighted by atomic mass is 28.3. The van der Waals surface area contributed by atoms with Gasteiger partial charge in [0.2, 0.25) is 5.91 Å². The fourth-order valence-electron chi connectivity index (χ4n) is 2.20. The lowest BCUT2D eigenvalue weighted by atomic mass is 9.85. The number of esters is 1. The van der Waals surface area contributed by atoms with Gasteiger partial charge in [-0.1, -0.05) is 61.2 Å². The van der Waals surface area contributed by atoms with Gasteiger partial charge in [0.15, 0.2) is 0 Å². The Hall–Kier alpha value is -0.843. The molecule has 0 aliphatic carbocycles. The molecule has 0 spiro atoms. The lowest BCUT2D eigenvalue weighted by Crippen LogP contribution is -2.43. The van der Waals surface area contributed by atoms with E-state index in [1.54, 1.807) is 0 Å². The molecule has 1 amide bonds. The van der Waals surface area contributed by atoms with E-state index in [-0.39, 0.29) is 23.3 Å². The van der Waals surface area contributed by atoms with Gasteiger partial charge < -0.3 is 10.1 Å². The minimum Gasteiger partial charge on any atom is -0.466 e. The molecule has 0 saturated heterocycles. The molecule has 0 aromatic carbocycles. The fourth-order valence-corrected chi connectivity index (χ4v) is 2.92. The second-order valence-corrected chi connectivity index (χ2v) is 15.9. The number of nitrogens with one attached hydrogen (secondary N) is 1. The maximum atomic E-state index is 12.3. The second kappa shape index (κ2) is 9.02. The molecular weight excluding hydrogens is 318 g/mol. The number of amides is 1. The summed E-state index contributed by atoms with van der Waals surface area (Å²) in [7, 11) is -1.18. The Balaban J connectivity index is 4.50. The maximum absolute atomic E-state index is 12.3. The second-order valence-electron chi connectivity index (χ2n) is 10.3. The summed E-state index contributed by atoms with van der Waals surface area (Å²) in [6.07, 6.45) is 1.83. The van der Waals surface area contributed by atoms with E-state index in [1.807, 2.05) is 20.8 Å². The van der Waals surface area contributed by atoms with Gasteiger partial charge in [-0.3, -0.25) is 9.59 Å². The molecule has 1 atom stereocenters. The Morgan fingerprint density at radius 1 is 1.04 bits per heavy atom. The van der Waals surface area contributed by atoms with E-state index in [0.717, 1.165) is 12.5 Å². The van der Waals surface area contributed by atoms with Crippen molar-refractivity contribution in [2.45, 2.75) is 92.5 Å². The summed E-state index contributed by atoms with van der Waals surface area (Å²) < 4.78 is 5.35. The van der Waals surface area contributed by atoms with Crippen molar-refractivity contribution in [1.29, 1.82) is 0 Å². The number of hydrogen-bond donors (Lipinski definition) is 1. The van der Waals surface area contributed by atoms with Gasteiger partial charge in [0.25, 0.3) is 0 Å². The summed E-state index contributed by atoms with van der Waals surface area (Å²) in [5, 5.41) is 3.11. The van der Waals surface area contributed by atoms with Gasteiger partial charge in [-0.2, -0.15) is 0 Å². The van der Waals surface area contributed by atoms with Gasteiger partial charge in [-0.05, 0) is 24.3 Å². The topological polar surface area (TPSA) is 55.4 Å². The zero-order chi connectivity index (χ0) is 19.2. The largest absolute Gasteiger partial charge is 0.466 e. The number of ether oxygens (including phenoxy) is 1. The van der Waals surface area contributed by atoms with Crippen LogP contribution in [0.1, 0.15) is 60.8 Å². The average molecular weight is 358 g/mol. The standard InChI is InChI=1S/C19H39NO3Si/c1-18(2,3)14-15(20-17(22)19(4,5)6)10-11-16(21)23-12-13-24(7,8)9/h15H,10-14H2,1-9H3,(H,20,22)/t15-/m0/s1. The van der Waals surface area contributed by atoms with Crippen molar-refractivity contribution >= 4 is 20.0 Å². The summed E-state index contributed by atoms with van der Waals surface area (Å²) in [6, 6.07) is 0.992. The highest BCUT2D eigenvalue weighted by Gasteiger charge is 2.27. The van der Waals surface area contributed by atoms with Crippen molar-refractivity contribution in [2.75, 3.05) is 6.61 Å². The van der Waals surface area contributed by atoms with Crippen molar-refractivity contribution < 1.29 is 14.3 Å². The van der Waals surface area contributed by atoms with Crippen molar-refractivity contribution in [3.63, 3.8) is 0 Å². The van der Waals surface area contributed by atoms with Crippen LogP contribution in [-0.4, -0.2) is 32.6 Å². The smallest absolute Gasteiger partial charge is 0.305 e. The third-order valence-corrected chi connectivity index (χ3v) is 5.39. The van der Waals surface area contributed by atoms with Crippen LogP contribution in [0.2, 0.25) is 25.7 Å². The van der Waals surface area contributed by atoms with Crippen molar-refractivity contribution in [3.05, 3.63) is 0 Å². The summed E-state index contributed by atoms with van der Waals surface area (Å²) in [4.78, 5) is 24.2. The Labute approximate surface area is 150 Å². The van der Waals surface area contributed by atoms with Crippen LogP contribution in [0.4, 0.5) is 0 Å².